The average Bonchev–Trinajstić information content (AvgIpc) is 2.72. The first-order valence-electron chi connectivity index (χ1n) is 4.60. The number of carboxylic acid groups (broad SMARTS) is 1. The maximum absolute atomic E-state index is 10.7. The molecule has 0 aliphatic heterocycles. The molecule has 5 nitrogen and oxygen atoms in total. The molecule has 0 amide bonds. The van der Waals surface area contributed by atoms with Crippen molar-refractivity contribution in [1.82, 2.24) is 15.0 Å². The van der Waals surface area contributed by atoms with Crippen LogP contribution < -0.4 is 0 Å². The van der Waals surface area contributed by atoms with E-state index in [0.717, 1.165) is 5.56 Å². The number of carbonyl (C=O) groups is 1. The van der Waals surface area contributed by atoms with Crippen LogP contribution in [0.15, 0.2) is 18.3 Å². The molecule has 0 bridgehead atoms. The van der Waals surface area contributed by atoms with Gasteiger partial charge in [-0.1, -0.05) is 28.4 Å². The number of aryl methyl sites for hydroxylation is 1. The van der Waals surface area contributed by atoms with Gasteiger partial charge in [0.05, 0.1) is 16.9 Å². The van der Waals surface area contributed by atoms with E-state index < -0.39 is 5.97 Å². The monoisotopic (exact) mass is 271 g/mol. The highest BCUT2D eigenvalue weighted by atomic mass is 35.5. The smallest absolute Gasteiger partial charge is 0.358 e. The Labute approximate surface area is 107 Å². The van der Waals surface area contributed by atoms with Crippen molar-refractivity contribution in [3.8, 4) is 5.69 Å². The minimum absolute atomic E-state index is 0.155. The van der Waals surface area contributed by atoms with E-state index in [2.05, 4.69) is 10.3 Å². The molecule has 17 heavy (non-hydrogen) atoms. The lowest BCUT2D eigenvalue weighted by molar-refractivity contribution is 0.0690. The minimum atomic E-state index is -1.15. The van der Waals surface area contributed by atoms with E-state index in [1.54, 1.807) is 12.1 Å². The Morgan fingerprint density at radius 3 is 2.65 bits per heavy atom. The Bertz CT molecular complexity index is 595. The van der Waals surface area contributed by atoms with Crippen LogP contribution >= 0.6 is 23.2 Å². The molecular formula is C10H7Cl2N3O2. The number of hydrogen-bond acceptors (Lipinski definition) is 3. The second-order valence-electron chi connectivity index (χ2n) is 3.41. The zero-order valence-corrected chi connectivity index (χ0v) is 10.2. The Balaban J connectivity index is 2.52. The Hall–Kier alpha value is -1.59. The highest BCUT2D eigenvalue weighted by molar-refractivity contribution is 6.35. The Kier molecular flexibility index (Phi) is 3.04. The third-order valence-corrected chi connectivity index (χ3v) is 2.90. The highest BCUT2D eigenvalue weighted by Gasteiger charge is 2.12. The van der Waals surface area contributed by atoms with E-state index in [1.807, 2.05) is 6.92 Å². The number of benzene rings is 1. The molecule has 88 valence electrons. The molecular weight excluding hydrogens is 265 g/mol. The van der Waals surface area contributed by atoms with Gasteiger partial charge in [0.25, 0.3) is 0 Å². The van der Waals surface area contributed by atoms with Crippen LogP contribution in [0.25, 0.3) is 5.69 Å². The van der Waals surface area contributed by atoms with Crippen molar-refractivity contribution in [3.63, 3.8) is 0 Å². The van der Waals surface area contributed by atoms with E-state index in [1.165, 1.54) is 10.9 Å². The fraction of sp³-hybridized carbons (Fsp3) is 0.100. The lowest BCUT2D eigenvalue weighted by Gasteiger charge is -2.05. The predicted molar refractivity (Wildman–Crippen MR) is 63.1 cm³/mol. The molecule has 0 aliphatic carbocycles. The van der Waals surface area contributed by atoms with Crippen LogP contribution in [0.2, 0.25) is 10.0 Å². The van der Waals surface area contributed by atoms with E-state index in [9.17, 15) is 4.79 Å². The van der Waals surface area contributed by atoms with Crippen LogP contribution in [0.4, 0.5) is 0 Å². The summed E-state index contributed by atoms with van der Waals surface area (Å²) in [6, 6.07) is 3.29. The summed E-state index contributed by atoms with van der Waals surface area (Å²) in [6.45, 7) is 1.82. The molecule has 1 heterocycles. The minimum Gasteiger partial charge on any atom is -0.476 e. The lowest BCUT2D eigenvalue weighted by atomic mass is 10.2. The molecule has 1 N–H and O–H groups in total. The SMILES string of the molecule is Cc1cc(Cl)c(-n2cc(C(=O)O)nn2)cc1Cl. The number of aromatic carboxylic acids is 1. The summed E-state index contributed by atoms with van der Waals surface area (Å²) in [5, 5.41) is 16.9. The molecule has 0 radical (unpaired) electrons. The summed E-state index contributed by atoms with van der Waals surface area (Å²) in [6.07, 6.45) is 1.27. The van der Waals surface area contributed by atoms with Crippen LogP contribution in [-0.4, -0.2) is 26.1 Å². The van der Waals surface area contributed by atoms with Gasteiger partial charge >= 0.3 is 5.97 Å². The number of hydrogen-bond donors (Lipinski definition) is 1. The third kappa shape index (κ3) is 2.25. The van der Waals surface area contributed by atoms with E-state index in [4.69, 9.17) is 28.3 Å². The zero-order valence-electron chi connectivity index (χ0n) is 8.69. The van der Waals surface area contributed by atoms with Gasteiger partial charge in [-0.3, -0.25) is 0 Å². The molecule has 0 saturated carbocycles. The van der Waals surface area contributed by atoms with Crippen molar-refractivity contribution in [2.45, 2.75) is 6.92 Å². The zero-order chi connectivity index (χ0) is 12.6. The average molecular weight is 272 g/mol. The largest absolute Gasteiger partial charge is 0.476 e. The molecule has 0 atom stereocenters. The first-order chi connectivity index (χ1) is 7.99. The number of aromatic nitrogens is 3. The van der Waals surface area contributed by atoms with Crippen LogP contribution in [-0.2, 0) is 0 Å². The Morgan fingerprint density at radius 2 is 2.06 bits per heavy atom. The maximum atomic E-state index is 10.7. The second kappa shape index (κ2) is 4.35. The van der Waals surface area contributed by atoms with Crippen molar-refractivity contribution >= 4 is 29.2 Å². The molecule has 1 aromatic heterocycles. The summed E-state index contributed by atoms with van der Waals surface area (Å²) in [5.41, 5.74) is 1.17. The fourth-order valence-corrected chi connectivity index (χ4v) is 1.75. The molecule has 1 aromatic carbocycles. The van der Waals surface area contributed by atoms with Gasteiger partial charge < -0.3 is 5.11 Å². The molecule has 7 heteroatoms. The summed E-state index contributed by atoms with van der Waals surface area (Å²) in [4.78, 5) is 10.7. The van der Waals surface area contributed by atoms with Gasteiger partial charge in [-0.2, -0.15) is 0 Å². The summed E-state index contributed by atoms with van der Waals surface area (Å²) < 4.78 is 1.27. The van der Waals surface area contributed by atoms with E-state index in [-0.39, 0.29) is 5.69 Å². The molecule has 0 fully saturated rings. The van der Waals surface area contributed by atoms with Gasteiger partial charge in [-0.25, -0.2) is 9.48 Å². The van der Waals surface area contributed by atoms with E-state index >= 15 is 0 Å². The van der Waals surface area contributed by atoms with Gasteiger partial charge in [0.1, 0.15) is 0 Å². The van der Waals surface area contributed by atoms with Crippen LogP contribution in [0.1, 0.15) is 16.1 Å². The molecule has 2 aromatic rings. The van der Waals surface area contributed by atoms with Crippen molar-refractivity contribution in [3.05, 3.63) is 39.6 Å². The van der Waals surface area contributed by atoms with Crippen molar-refractivity contribution in [2.24, 2.45) is 0 Å². The number of carboxylic acids is 1. The predicted octanol–water partition coefficient (Wildman–Crippen LogP) is 2.58. The van der Waals surface area contributed by atoms with E-state index in [0.29, 0.717) is 15.7 Å². The maximum Gasteiger partial charge on any atom is 0.358 e. The van der Waals surface area contributed by atoms with Crippen molar-refractivity contribution in [2.75, 3.05) is 0 Å². The van der Waals surface area contributed by atoms with Gasteiger partial charge in [0, 0.05) is 5.02 Å². The van der Waals surface area contributed by atoms with Gasteiger partial charge in [-0.05, 0) is 24.6 Å². The van der Waals surface area contributed by atoms with Crippen LogP contribution in [0.3, 0.4) is 0 Å². The standard InChI is InChI=1S/C10H7Cl2N3O2/c1-5-2-7(12)9(3-6(5)11)15-4-8(10(16)17)13-14-15/h2-4H,1H3,(H,16,17). The molecule has 0 aliphatic rings. The first kappa shape index (κ1) is 11.9. The third-order valence-electron chi connectivity index (χ3n) is 2.19. The quantitative estimate of drug-likeness (QED) is 0.912. The first-order valence-corrected chi connectivity index (χ1v) is 5.36. The van der Waals surface area contributed by atoms with Gasteiger partial charge in [-0.15, -0.1) is 5.10 Å². The van der Waals surface area contributed by atoms with Crippen molar-refractivity contribution in [1.29, 1.82) is 0 Å². The molecule has 0 unspecified atom stereocenters. The molecule has 0 spiro atoms. The molecule has 2 rings (SSSR count). The number of nitrogens with zero attached hydrogens (tertiary/aromatic N) is 3. The number of halogens is 2. The van der Waals surface area contributed by atoms with Crippen LogP contribution in [0, 0.1) is 6.92 Å². The van der Waals surface area contributed by atoms with Gasteiger partial charge in [0.2, 0.25) is 0 Å². The van der Waals surface area contributed by atoms with Crippen molar-refractivity contribution < 1.29 is 9.90 Å². The fourth-order valence-electron chi connectivity index (χ4n) is 1.29. The lowest BCUT2D eigenvalue weighted by Crippen LogP contribution is -1.97. The number of rotatable bonds is 2. The Morgan fingerprint density at radius 1 is 1.35 bits per heavy atom. The summed E-state index contributed by atoms with van der Waals surface area (Å²) in [5.74, 6) is -1.15. The summed E-state index contributed by atoms with van der Waals surface area (Å²) in [7, 11) is 0. The summed E-state index contributed by atoms with van der Waals surface area (Å²) >= 11 is 12.0. The van der Waals surface area contributed by atoms with Gasteiger partial charge in [0.15, 0.2) is 5.69 Å². The second-order valence-corrected chi connectivity index (χ2v) is 4.22. The highest BCUT2D eigenvalue weighted by Crippen LogP contribution is 2.27. The van der Waals surface area contributed by atoms with Crippen LogP contribution in [0.5, 0.6) is 0 Å². The topological polar surface area (TPSA) is 68.0 Å². The molecule has 0 saturated heterocycles. The normalized spacial score (nSPS) is 10.5.